The number of aryl methyl sites for hydroxylation is 1. The molecule has 9 heteroatoms. The van der Waals surface area contributed by atoms with Crippen molar-refractivity contribution in [3.63, 3.8) is 0 Å². The number of H-pyrrole nitrogens is 1. The zero-order valence-corrected chi connectivity index (χ0v) is 15.7. The number of nitrogens with one attached hydrogen (secondary N) is 2. The second-order valence-corrected chi connectivity index (χ2v) is 6.54. The fraction of sp³-hybridized carbons (Fsp3) is 0.263. The molecule has 0 aliphatic heterocycles. The molecule has 2 N–H and O–H groups in total. The standard InChI is InChI=1S/C19H19FN6O2/c1-10(28-3)7-23-19(27)13-8-21-18-17(13)24-14(9-22-18)16-12-5-4-11(20)6-15(12)26(2)25-16/h4-6,8-10H,7H2,1-3H3,(H,21,22)(H,23,27)/t10-/m0/s1. The van der Waals surface area contributed by atoms with Crippen LogP contribution in [-0.4, -0.2) is 50.4 Å². The van der Waals surface area contributed by atoms with Crippen LogP contribution in [0.2, 0.25) is 0 Å². The molecule has 0 radical (unpaired) electrons. The molecule has 0 bridgehead atoms. The number of carbonyl (C=O) groups excluding carboxylic acids is 1. The number of halogens is 1. The van der Waals surface area contributed by atoms with E-state index in [1.807, 2.05) is 6.92 Å². The minimum atomic E-state index is -0.335. The fourth-order valence-electron chi connectivity index (χ4n) is 3.01. The number of nitrogens with zero attached hydrogens (tertiary/aromatic N) is 4. The third-order valence-corrected chi connectivity index (χ3v) is 4.63. The van der Waals surface area contributed by atoms with Crippen LogP contribution in [0.1, 0.15) is 17.3 Å². The highest BCUT2D eigenvalue weighted by molar-refractivity contribution is 6.05. The van der Waals surface area contributed by atoms with Crippen LogP contribution >= 0.6 is 0 Å². The van der Waals surface area contributed by atoms with E-state index < -0.39 is 0 Å². The molecular weight excluding hydrogens is 363 g/mol. The Bertz CT molecular complexity index is 1180. The zero-order valence-electron chi connectivity index (χ0n) is 15.7. The van der Waals surface area contributed by atoms with E-state index >= 15 is 0 Å². The van der Waals surface area contributed by atoms with E-state index in [4.69, 9.17) is 4.74 Å². The van der Waals surface area contributed by atoms with Crippen LogP contribution in [0.4, 0.5) is 4.39 Å². The fourth-order valence-corrected chi connectivity index (χ4v) is 3.01. The molecule has 4 rings (SSSR count). The van der Waals surface area contributed by atoms with E-state index in [0.717, 1.165) is 5.39 Å². The van der Waals surface area contributed by atoms with Crippen molar-refractivity contribution in [1.29, 1.82) is 0 Å². The van der Waals surface area contributed by atoms with Gasteiger partial charge in [0.15, 0.2) is 5.65 Å². The van der Waals surface area contributed by atoms with Gasteiger partial charge >= 0.3 is 0 Å². The number of ether oxygens (including phenoxy) is 1. The van der Waals surface area contributed by atoms with Gasteiger partial charge in [-0.15, -0.1) is 0 Å². The highest BCUT2D eigenvalue weighted by atomic mass is 19.1. The maximum Gasteiger partial charge on any atom is 0.255 e. The normalized spacial score (nSPS) is 12.6. The van der Waals surface area contributed by atoms with E-state index in [1.165, 1.54) is 12.1 Å². The molecule has 1 aromatic carbocycles. The van der Waals surface area contributed by atoms with Gasteiger partial charge in [0, 0.05) is 32.3 Å². The number of hydrogen-bond donors (Lipinski definition) is 2. The lowest BCUT2D eigenvalue weighted by Crippen LogP contribution is -2.31. The minimum absolute atomic E-state index is 0.101. The van der Waals surface area contributed by atoms with Gasteiger partial charge in [-0.05, 0) is 25.1 Å². The Hall–Kier alpha value is -3.33. The smallest absolute Gasteiger partial charge is 0.255 e. The molecular formula is C19H19FN6O2. The predicted molar refractivity (Wildman–Crippen MR) is 102 cm³/mol. The first-order valence-corrected chi connectivity index (χ1v) is 8.75. The second kappa shape index (κ2) is 7.01. The largest absolute Gasteiger partial charge is 0.380 e. The van der Waals surface area contributed by atoms with Crippen molar-refractivity contribution in [3.05, 3.63) is 42.0 Å². The summed E-state index contributed by atoms with van der Waals surface area (Å²) in [5.41, 5.74) is 3.06. The summed E-state index contributed by atoms with van der Waals surface area (Å²) < 4.78 is 20.3. The van der Waals surface area contributed by atoms with Crippen LogP contribution in [0.25, 0.3) is 33.5 Å². The Balaban J connectivity index is 1.75. The number of amides is 1. The molecule has 0 aliphatic rings. The summed E-state index contributed by atoms with van der Waals surface area (Å²) in [4.78, 5) is 24.4. The number of hydrogen-bond acceptors (Lipinski definition) is 5. The van der Waals surface area contributed by atoms with E-state index in [9.17, 15) is 9.18 Å². The predicted octanol–water partition coefficient (Wildman–Crippen LogP) is 2.42. The Morgan fingerprint density at radius 3 is 3.04 bits per heavy atom. The Kier molecular flexibility index (Phi) is 4.52. The van der Waals surface area contributed by atoms with Crippen molar-refractivity contribution < 1.29 is 13.9 Å². The van der Waals surface area contributed by atoms with E-state index in [0.29, 0.717) is 40.2 Å². The lowest BCUT2D eigenvalue weighted by Gasteiger charge is -2.10. The van der Waals surface area contributed by atoms with Crippen LogP contribution in [0, 0.1) is 5.82 Å². The lowest BCUT2D eigenvalue weighted by molar-refractivity contribution is 0.0871. The van der Waals surface area contributed by atoms with Crippen molar-refractivity contribution in [2.24, 2.45) is 7.05 Å². The molecule has 144 valence electrons. The first-order chi connectivity index (χ1) is 13.5. The average molecular weight is 382 g/mol. The molecule has 4 aromatic rings. The van der Waals surface area contributed by atoms with E-state index in [2.05, 4.69) is 25.4 Å². The molecule has 0 fully saturated rings. The number of aromatic amines is 1. The summed E-state index contributed by atoms with van der Waals surface area (Å²) >= 11 is 0. The van der Waals surface area contributed by atoms with E-state index in [1.54, 1.807) is 37.3 Å². The first-order valence-electron chi connectivity index (χ1n) is 8.75. The van der Waals surface area contributed by atoms with Gasteiger partial charge in [-0.2, -0.15) is 5.10 Å². The van der Waals surface area contributed by atoms with Gasteiger partial charge in [0.05, 0.1) is 23.4 Å². The Morgan fingerprint density at radius 2 is 2.25 bits per heavy atom. The molecule has 0 unspecified atom stereocenters. The van der Waals surface area contributed by atoms with Crippen molar-refractivity contribution in [2.45, 2.75) is 13.0 Å². The number of aromatic nitrogens is 5. The average Bonchev–Trinajstić information content (AvgIpc) is 3.26. The maximum atomic E-state index is 13.6. The molecule has 0 aliphatic carbocycles. The molecule has 8 nitrogen and oxygen atoms in total. The van der Waals surface area contributed by atoms with Crippen LogP contribution < -0.4 is 5.32 Å². The number of benzene rings is 1. The lowest BCUT2D eigenvalue weighted by atomic mass is 10.1. The summed E-state index contributed by atoms with van der Waals surface area (Å²) in [6.07, 6.45) is 3.06. The molecule has 0 spiro atoms. The topological polar surface area (TPSA) is 97.7 Å². The van der Waals surface area contributed by atoms with Crippen molar-refractivity contribution in [2.75, 3.05) is 13.7 Å². The minimum Gasteiger partial charge on any atom is -0.380 e. The third kappa shape index (κ3) is 3.09. The summed E-state index contributed by atoms with van der Waals surface area (Å²) in [5, 5.41) is 8.03. The van der Waals surface area contributed by atoms with Crippen LogP contribution in [-0.2, 0) is 11.8 Å². The molecule has 1 amide bonds. The van der Waals surface area contributed by atoms with Gasteiger partial charge in [0.1, 0.15) is 22.7 Å². The first kappa shape index (κ1) is 18.1. The second-order valence-electron chi connectivity index (χ2n) is 6.54. The molecule has 1 atom stereocenters. The van der Waals surface area contributed by atoms with Gasteiger partial charge in [-0.3, -0.25) is 9.48 Å². The van der Waals surface area contributed by atoms with Gasteiger partial charge in [-0.1, -0.05) is 0 Å². The Labute approximate surface area is 159 Å². The van der Waals surface area contributed by atoms with Crippen LogP contribution in [0.3, 0.4) is 0 Å². The summed E-state index contributed by atoms with van der Waals surface area (Å²) in [5.74, 6) is -0.604. The highest BCUT2D eigenvalue weighted by Gasteiger charge is 2.18. The number of carbonyl (C=O) groups is 1. The SMILES string of the molecule is CO[C@@H](C)CNC(=O)c1c[nH]c2ncc(-c3nn(C)c4cc(F)ccc34)nc12. The van der Waals surface area contributed by atoms with Gasteiger partial charge < -0.3 is 15.0 Å². The molecule has 3 aromatic heterocycles. The number of rotatable bonds is 5. The van der Waals surface area contributed by atoms with Gasteiger partial charge in [0.25, 0.3) is 5.91 Å². The quantitative estimate of drug-likeness (QED) is 0.552. The molecule has 0 saturated heterocycles. The van der Waals surface area contributed by atoms with Crippen LogP contribution in [0.5, 0.6) is 0 Å². The zero-order chi connectivity index (χ0) is 19.8. The maximum absolute atomic E-state index is 13.6. The number of fused-ring (bicyclic) bond motifs is 2. The van der Waals surface area contributed by atoms with Crippen molar-refractivity contribution in [3.8, 4) is 11.4 Å². The summed E-state index contributed by atoms with van der Waals surface area (Å²) in [7, 11) is 3.33. The third-order valence-electron chi connectivity index (χ3n) is 4.63. The Morgan fingerprint density at radius 1 is 1.43 bits per heavy atom. The van der Waals surface area contributed by atoms with Gasteiger partial charge in [0.2, 0.25) is 0 Å². The molecule has 3 heterocycles. The number of methoxy groups -OCH3 is 1. The van der Waals surface area contributed by atoms with Crippen molar-refractivity contribution in [1.82, 2.24) is 30.0 Å². The summed E-state index contributed by atoms with van der Waals surface area (Å²) in [6, 6.07) is 4.46. The molecule has 28 heavy (non-hydrogen) atoms. The van der Waals surface area contributed by atoms with Gasteiger partial charge in [-0.25, -0.2) is 14.4 Å². The van der Waals surface area contributed by atoms with Crippen molar-refractivity contribution >= 4 is 28.0 Å². The molecule has 0 saturated carbocycles. The highest BCUT2D eigenvalue weighted by Crippen LogP contribution is 2.28. The summed E-state index contributed by atoms with van der Waals surface area (Å²) in [6.45, 7) is 2.24. The van der Waals surface area contributed by atoms with Crippen LogP contribution in [0.15, 0.2) is 30.6 Å². The van der Waals surface area contributed by atoms with E-state index in [-0.39, 0.29) is 17.8 Å². The monoisotopic (exact) mass is 382 g/mol.